The molecule has 1 aliphatic heterocycles. The van der Waals surface area contributed by atoms with Crippen LogP contribution >= 0.6 is 0 Å². The van der Waals surface area contributed by atoms with Gasteiger partial charge >= 0.3 is 0 Å². The molecule has 3 heteroatoms. The molecule has 0 aromatic heterocycles. The average molecular weight is 208 g/mol. The van der Waals surface area contributed by atoms with Crippen molar-refractivity contribution in [3.63, 3.8) is 0 Å². The van der Waals surface area contributed by atoms with Crippen molar-refractivity contribution >= 4 is 17.3 Å². The average Bonchev–Trinajstić information content (AvgIpc) is 2.34. The van der Waals surface area contributed by atoms with E-state index in [0.717, 1.165) is 11.4 Å². The zero-order valence-corrected chi connectivity index (χ0v) is 9.92. The second-order valence-electron chi connectivity index (χ2n) is 2.45. The van der Waals surface area contributed by atoms with Crippen LogP contribution in [0.3, 0.4) is 0 Å². The molecule has 0 bridgehead atoms. The van der Waals surface area contributed by atoms with Gasteiger partial charge in [-0.3, -0.25) is 4.79 Å². The molecule has 0 aliphatic carbocycles. The van der Waals surface area contributed by atoms with Crippen molar-refractivity contribution in [2.24, 2.45) is 0 Å². The monoisotopic (exact) mass is 208 g/mol. The molecule has 0 spiro atoms. The van der Waals surface area contributed by atoms with Gasteiger partial charge in [-0.05, 0) is 12.1 Å². The maximum atomic E-state index is 10.9. The van der Waals surface area contributed by atoms with Gasteiger partial charge in [-0.2, -0.15) is 0 Å². The van der Waals surface area contributed by atoms with Crippen molar-refractivity contribution in [3.05, 3.63) is 24.3 Å². The lowest BCUT2D eigenvalue weighted by Crippen LogP contribution is -2.27. The Hall–Kier alpha value is -1.51. The third-order valence-electron chi connectivity index (χ3n) is 1.64. The number of nitrogens with one attached hydrogen (secondary N) is 2. The Morgan fingerprint density at radius 3 is 2.13 bits per heavy atom. The number of carbonyl (C=O) groups excluding carboxylic acids is 1. The zero-order valence-electron chi connectivity index (χ0n) is 9.92. The van der Waals surface area contributed by atoms with Gasteiger partial charge in [-0.1, -0.05) is 39.8 Å². The van der Waals surface area contributed by atoms with Crippen LogP contribution < -0.4 is 10.6 Å². The van der Waals surface area contributed by atoms with Gasteiger partial charge in [-0.25, -0.2) is 0 Å². The summed E-state index contributed by atoms with van der Waals surface area (Å²) in [6.07, 6.45) is 0. The Bertz CT molecular complexity index is 297. The lowest BCUT2D eigenvalue weighted by atomic mass is 10.2. The molecule has 3 nitrogen and oxygen atoms in total. The predicted octanol–water partition coefficient (Wildman–Crippen LogP) is 3.10. The number of para-hydroxylation sites is 2. The molecule has 0 radical (unpaired) electrons. The van der Waals surface area contributed by atoms with Crippen LogP contribution in [-0.4, -0.2) is 12.5 Å². The normalized spacial score (nSPS) is 11.6. The summed E-state index contributed by atoms with van der Waals surface area (Å²) in [6.45, 7) is 8.37. The van der Waals surface area contributed by atoms with Gasteiger partial charge in [0, 0.05) is 0 Å². The topological polar surface area (TPSA) is 41.1 Å². The summed E-state index contributed by atoms with van der Waals surface area (Å²) in [5.41, 5.74) is 1.86. The van der Waals surface area contributed by atoms with E-state index in [-0.39, 0.29) is 5.91 Å². The first-order chi connectivity index (χ1) is 7.36. The van der Waals surface area contributed by atoms with E-state index in [0.29, 0.717) is 6.54 Å². The number of hydrogen-bond donors (Lipinski definition) is 2. The van der Waals surface area contributed by atoms with E-state index in [1.165, 1.54) is 0 Å². The second-order valence-corrected chi connectivity index (χ2v) is 2.45. The maximum absolute atomic E-state index is 10.9. The standard InChI is InChI=1S/C8H8N2O.2C2H6/c11-8-5-9-6-3-1-2-4-7(6)10-8;2*1-2/h1-4,9H,5H2,(H,10,11);2*1-2H3. The van der Waals surface area contributed by atoms with Crippen LogP contribution in [0, 0.1) is 0 Å². The van der Waals surface area contributed by atoms with Gasteiger partial charge in [0.05, 0.1) is 17.9 Å². The summed E-state index contributed by atoms with van der Waals surface area (Å²) in [7, 11) is 0. The minimum atomic E-state index is 0.0173. The zero-order chi connectivity index (χ0) is 11.7. The van der Waals surface area contributed by atoms with Crippen LogP contribution in [0.1, 0.15) is 27.7 Å². The molecule has 2 rings (SSSR count). The molecule has 84 valence electrons. The molecule has 1 aromatic rings. The number of hydrogen-bond acceptors (Lipinski definition) is 2. The quantitative estimate of drug-likeness (QED) is 0.688. The highest BCUT2D eigenvalue weighted by Gasteiger charge is 2.11. The summed E-state index contributed by atoms with van der Waals surface area (Å²) in [6, 6.07) is 7.64. The fraction of sp³-hybridized carbons (Fsp3) is 0.417. The van der Waals surface area contributed by atoms with E-state index in [1.807, 2.05) is 52.0 Å². The fourth-order valence-electron chi connectivity index (χ4n) is 1.12. The highest BCUT2D eigenvalue weighted by atomic mass is 16.2. The second kappa shape index (κ2) is 7.85. The molecule has 1 aliphatic rings. The molecule has 0 saturated heterocycles. The smallest absolute Gasteiger partial charge is 0.243 e. The van der Waals surface area contributed by atoms with E-state index in [2.05, 4.69) is 10.6 Å². The first-order valence-electron chi connectivity index (χ1n) is 5.49. The Labute approximate surface area is 91.9 Å². The molecule has 0 saturated carbocycles. The highest BCUT2D eigenvalue weighted by Crippen LogP contribution is 2.22. The maximum Gasteiger partial charge on any atom is 0.243 e. The fourth-order valence-corrected chi connectivity index (χ4v) is 1.12. The van der Waals surface area contributed by atoms with Crippen molar-refractivity contribution in [1.82, 2.24) is 0 Å². The van der Waals surface area contributed by atoms with E-state index < -0.39 is 0 Å². The molecular formula is C12H20N2O. The van der Waals surface area contributed by atoms with E-state index in [1.54, 1.807) is 0 Å². The van der Waals surface area contributed by atoms with Crippen LogP contribution in [0.4, 0.5) is 11.4 Å². The molecular weight excluding hydrogens is 188 g/mol. The third kappa shape index (κ3) is 4.02. The van der Waals surface area contributed by atoms with Crippen molar-refractivity contribution in [2.75, 3.05) is 17.2 Å². The van der Waals surface area contributed by atoms with Crippen molar-refractivity contribution < 1.29 is 4.79 Å². The van der Waals surface area contributed by atoms with Gasteiger partial charge in [0.1, 0.15) is 0 Å². The number of fused-ring (bicyclic) bond motifs is 1. The summed E-state index contributed by atoms with van der Waals surface area (Å²) in [5.74, 6) is 0.0173. The van der Waals surface area contributed by atoms with Crippen molar-refractivity contribution in [2.45, 2.75) is 27.7 Å². The molecule has 1 aromatic carbocycles. The van der Waals surface area contributed by atoms with Crippen LogP contribution in [0.5, 0.6) is 0 Å². The van der Waals surface area contributed by atoms with Gasteiger partial charge in [0.25, 0.3) is 0 Å². The lowest BCUT2D eigenvalue weighted by Gasteiger charge is -2.17. The number of anilines is 2. The van der Waals surface area contributed by atoms with Crippen LogP contribution in [-0.2, 0) is 4.79 Å². The van der Waals surface area contributed by atoms with Gasteiger partial charge in [-0.15, -0.1) is 0 Å². The summed E-state index contributed by atoms with van der Waals surface area (Å²) in [4.78, 5) is 10.9. The Balaban J connectivity index is 0.000000442. The van der Waals surface area contributed by atoms with Gasteiger partial charge in [0.2, 0.25) is 5.91 Å². The van der Waals surface area contributed by atoms with Crippen LogP contribution in [0.15, 0.2) is 24.3 Å². The highest BCUT2D eigenvalue weighted by molar-refractivity contribution is 6.00. The molecule has 2 N–H and O–H groups in total. The number of rotatable bonds is 0. The van der Waals surface area contributed by atoms with Gasteiger partial charge in [0.15, 0.2) is 0 Å². The third-order valence-corrected chi connectivity index (χ3v) is 1.64. The number of amides is 1. The first kappa shape index (κ1) is 13.5. The van der Waals surface area contributed by atoms with Crippen LogP contribution in [0.2, 0.25) is 0 Å². The minimum Gasteiger partial charge on any atom is -0.374 e. The van der Waals surface area contributed by atoms with E-state index in [9.17, 15) is 4.79 Å². The molecule has 1 heterocycles. The Morgan fingerprint density at radius 2 is 1.53 bits per heavy atom. The largest absolute Gasteiger partial charge is 0.374 e. The lowest BCUT2D eigenvalue weighted by molar-refractivity contribution is -0.114. The summed E-state index contributed by atoms with van der Waals surface area (Å²) >= 11 is 0. The molecule has 15 heavy (non-hydrogen) atoms. The Kier molecular flexibility index (Phi) is 7.06. The van der Waals surface area contributed by atoms with Crippen molar-refractivity contribution in [3.8, 4) is 0 Å². The molecule has 0 atom stereocenters. The minimum absolute atomic E-state index is 0.0173. The molecule has 0 unspecified atom stereocenters. The predicted molar refractivity (Wildman–Crippen MR) is 66.3 cm³/mol. The van der Waals surface area contributed by atoms with E-state index >= 15 is 0 Å². The SMILES string of the molecule is CC.CC.O=C1CNc2ccccc2N1. The molecule has 0 fully saturated rings. The van der Waals surface area contributed by atoms with Crippen LogP contribution in [0.25, 0.3) is 0 Å². The molecule has 1 amide bonds. The number of carbonyl (C=O) groups is 1. The summed E-state index contributed by atoms with van der Waals surface area (Å²) in [5, 5.41) is 5.76. The number of benzene rings is 1. The summed E-state index contributed by atoms with van der Waals surface area (Å²) < 4.78 is 0. The van der Waals surface area contributed by atoms with Gasteiger partial charge < -0.3 is 10.6 Å². The first-order valence-corrected chi connectivity index (χ1v) is 5.49. The van der Waals surface area contributed by atoms with Crippen molar-refractivity contribution in [1.29, 1.82) is 0 Å². The Morgan fingerprint density at radius 1 is 1.00 bits per heavy atom. The van der Waals surface area contributed by atoms with E-state index in [4.69, 9.17) is 0 Å².